The molecule has 0 aliphatic heterocycles. The predicted molar refractivity (Wildman–Crippen MR) is 136 cm³/mol. The van der Waals surface area contributed by atoms with Crippen LogP contribution in [-0.4, -0.2) is 35.8 Å². The van der Waals surface area contributed by atoms with Crippen molar-refractivity contribution < 1.29 is 14.3 Å². The maximum Gasteiger partial charge on any atom is 0.330 e. The van der Waals surface area contributed by atoms with Crippen LogP contribution in [0, 0.1) is 5.92 Å². The molecule has 1 heterocycles. The van der Waals surface area contributed by atoms with Crippen molar-refractivity contribution in [3.63, 3.8) is 0 Å². The van der Waals surface area contributed by atoms with Gasteiger partial charge in [-0.15, -0.1) is 0 Å². The van der Waals surface area contributed by atoms with E-state index in [0.717, 1.165) is 12.0 Å². The van der Waals surface area contributed by atoms with E-state index in [9.17, 15) is 14.4 Å². The van der Waals surface area contributed by atoms with Gasteiger partial charge in [0.1, 0.15) is 11.6 Å². The number of carbonyl (C=O) groups is 1. The van der Waals surface area contributed by atoms with Crippen molar-refractivity contribution >= 4 is 17.4 Å². The van der Waals surface area contributed by atoms with Crippen LogP contribution in [0.5, 0.6) is 5.75 Å². The second-order valence-electron chi connectivity index (χ2n) is 8.57. The standard InChI is InChI=1S/C26H32N4O5/c1-18(2)13-15-35-21-11-9-20(10-12-21)25(32)30(17-19-7-5-4-6-8-19)22-23(27)29(14-16-34-3)26(33)28-24(22)31/h4-12,18H,13-17,27H2,1-3H3,(H,28,31,33). The minimum atomic E-state index is -0.737. The second-order valence-corrected chi connectivity index (χ2v) is 8.57. The first-order chi connectivity index (χ1) is 16.8. The number of anilines is 2. The molecule has 2 aromatic carbocycles. The molecule has 9 heteroatoms. The Kier molecular flexibility index (Phi) is 8.86. The number of rotatable bonds is 11. The van der Waals surface area contributed by atoms with Crippen LogP contribution in [0.2, 0.25) is 0 Å². The van der Waals surface area contributed by atoms with Crippen molar-refractivity contribution in [3.05, 3.63) is 86.6 Å². The lowest BCUT2D eigenvalue weighted by molar-refractivity contribution is 0.0984. The fourth-order valence-electron chi connectivity index (χ4n) is 3.52. The Bertz CT molecular complexity index is 1230. The van der Waals surface area contributed by atoms with Gasteiger partial charge in [0.2, 0.25) is 0 Å². The Balaban J connectivity index is 1.99. The van der Waals surface area contributed by atoms with Crippen LogP contribution in [0.1, 0.15) is 36.2 Å². The highest BCUT2D eigenvalue weighted by molar-refractivity contribution is 6.07. The molecule has 0 aliphatic carbocycles. The van der Waals surface area contributed by atoms with Crippen molar-refractivity contribution in [2.24, 2.45) is 5.92 Å². The van der Waals surface area contributed by atoms with E-state index in [1.54, 1.807) is 24.3 Å². The van der Waals surface area contributed by atoms with Crippen LogP contribution in [0.3, 0.4) is 0 Å². The SMILES string of the molecule is COCCn1c(N)c(N(Cc2ccccc2)C(=O)c2ccc(OCCC(C)C)cc2)c(=O)[nH]c1=O. The smallest absolute Gasteiger partial charge is 0.330 e. The van der Waals surface area contributed by atoms with Gasteiger partial charge in [0.05, 0.1) is 26.3 Å². The number of ether oxygens (including phenoxy) is 2. The molecule has 0 radical (unpaired) electrons. The molecule has 0 aliphatic rings. The maximum absolute atomic E-state index is 13.6. The first kappa shape index (κ1) is 25.8. The number of hydrogen-bond donors (Lipinski definition) is 2. The zero-order chi connectivity index (χ0) is 25.4. The minimum absolute atomic E-state index is 0.0854. The Morgan fingerprint density at radius 1 is 1.06 bits per heavy atom. The summed E-state index contributed by atoms with van der Waals surface area (Å²) in [6, 6.07) is 16.0. The number of methoxy groups -OCH3 is 1. The molecule has 0 atom stereocenters. The Morgan fingerprint density at radius 2 is 1.74 bits per heavy atom. The molecule has 1 aromatic heterocycles. The minimum Gasteiger partial charge on any atom is -0.494 e. The summed E-state index contributed by atoms with van der Waals surface area (Å²) in [7, 11) is 1.50. The van der Waals surface area contributed by atoms with Crippen LogP contribution in [-0.2, 0) is 17.8 Å². The van der Waals surface area contributed by atoms with Gasteiger partial charge in [-0.05, 0) is 42.2 Å². The summed E-state index contributed by atoms with van der Waals surface area (Å²) in [4.78, 5) is 42.5. The summed E-state index contributed by atoms with van der Waals surface area (Å²) in [5.41, 5.74) is 5.93. The lowest BCUT2D eigenvalue weighted by Crippen LogP contribution is -2.41. The number of nitrogens with two attached hydrogens (primary N) is 1. The molecule has 0 bridgehead atoms. The highest BCUT2D eigenvalue weighted by Gasteiger charge is 2.25. The molecule has 1 amide bonds. The van der Waals surface area contributed by atoms with Gasteiger partial charge in [0, 0.05) is 12.7 Å². The number of hydrogen-bond acceptors (Lipinski definition) is 6. The Morgan fingerprint density at radius 3 is 2.37 bits per heavy atom. The number of carbonyl (C=O) groups excluding carboxylic acids is 1. The van der Waals surface area contributed by atoms with Gasteiger partial charge in [-0.25, -0.2) is 4.79 Å². The monoisotopic (exact) mass is 480 g/mol. The Labute approximate surface area is 204 Å². The summed E-state index contributed by atoms with van der Waals surface area (Å²) in [5, 5.41) is 0. The average molecular weight is 481 g/mol. The van der Waals surface area contributed by atoms with Crippen molar-refractivity contribution in [1.29, 1.82) is 0 Å². The second kappa shape index (κ2) is 12.0. The molecule has 0 spiro atoms. The van der Waals surface area contributed by atoms with Crippen LogP contribution < -0.4 is 26.6 Å². The number of nitrogens with one attached hydrogen (secondary N) is 1. The molecule has 0 fully saturated rings. The van der Waals surface area contributed by atoms with Crippen molar-refractivity contribution in [2.75, 3.05) is 31.0 Å². The first-order valence-electron chi connectivity index (χ1n) is 11.5. The van der Waals surface area contributed by atoms with Crippen LogP contribution in [0.4, 0.5) is 11.5 Å². The van der Waals surface area contributed by atoms with E-state index < -0.39 is 17.2 Å². The number of aromatic nitrogens is 2. The molecular formula is C26H32N4O5. The summed E-state index contributed by atoms with van der Waals surface area (Å²) in [5.74, 6) is 0.644. The number of aromatic amines is 1. The highest BCUT2D eigenvalue weighted by Crippen LogP contribution is 2.23. The van der Waals surface area contributed by atoms with Crippen molar-refractivity contribution in [3.8, 4) is 5.75 Å². The zero-order valence-corrected chi connectivity index (χ0v) is 20.3. The molecule has 0 unspecified atom stereocenters. The maximum atomic E-state index is 13.6. The lowest BCUT2D eigenvalue weighted by Gasteiger charge is -2.25. The number of amides is 1. The van der Waals surface area contributed by atoms with E-state index in [0.29, 0.717) is 23.8 Å². The summed E-state index contributed by atoms with van der Waals surface area (Å²) in [6.45, 7) is 5.25. The van der Waals surface area contributed by atoms with Gasteiger partial charge in [0.25, 0.3) is 11.5 Å². The molecule has 3 N–H and O–H groups in total. The number of benzene rings is 2. The topological polar surface area (TPSA) is 120 Å². The third-order valence-corrected chi connectivity index (χ3v) is 5.50. The first-order valence-corrected chi connectivity index (χ1v) is 11.5. The molecule has 0 saturated heterocycles. The van der Waals surface area contributed by atoms with Crippen molar-refractivity contribution in [2.45, 2.75) is 33.4 Å². The van der Waals surface area contributed by atoms with Crippen LogP contribution in [0.25, 0.3) is 0 Å². The van der Waals surface area contributed by atoms with Gasteiger partial charge >= 0.3 is 5.69 Å². The molecule has 3 aromatic rings. The highest BCUT2D eigenvalue weighted by atomic mass is 16.5. The summed E-state index contributed by atoms with van der Waals surface area (Å²) < 4.78 is 12.0. The molecule has 9 nitrogen and oxygen atoms in total. The molecule has 35 heavy (non-hydrogen) atoms. The fraction of sp³-hybridized carbons (Fsp3) is 0.346. The number of nitrogen functional groups attached to an aromatic ring is 1. The van der Waals surface area contributed by atoms with Crippen molar-refractivity contribution in [1.82, 2.24) is 9.55 Å². The van der Waals surface area contributed by atoms with Gasteiger partial charge < -0.3 is 15.2 Å². The molecule has 186 valence electrons. The van der Waals surface area contributed by atoms with Crippen LogP contribution >= 0.6 is 0 Å². The zero-order valence-electron chi connectivity index (χ0n) is 20.3. The fourth-order valence-corrected chi connectivity index (χ4v) is 3.52. The number of nitrogens with zero attached hydrogens (tertiary/aromatic N) is 2. The Hall–Kier alpha value is -3.85. The third-order valence-electron chi connectivity index (χ3n) is 5.50. The van der Waals surface area contributed by atoms with Gasteiger partial charge in [0.15, 0.2) is 5.69 Å². The average Bonchev–Trinajstić information content (AvgIpc) is 2.83. The van der Waals surface area contributed by atoms with E-state index in [4.69, 9.17) is 15.2 Å². The summed E-state index contributed by atoms with van der Waals surface area (Å²) in [6.07, 6.45) is 0.923. The van der Waals surface area contributed by atoms with E-state index in [1.807, 2.05) is 30.3 Å². The van der Waals surface area contributed by atoms with E-state index in [1.165, 1.54) is 16.6 Å². The van der Waals surface area contributed by atoms with E-state index in [-0.39, 0.29) is 31.2 Å². The largest absolute Gasteiger partial charge is 0.494 e. The van der Waals surface area contributed by atoms with Crippen LogP contribution in [0.15, 0.2) is 64.2 Å². The molecule has 3 rings (SSSR count). The number of H-pyrrole nitrogens is 1. The molecular weight excluding hydrogens is 448 g/mol. The normalized spacial score (nSPS) is 11.0. The molecule has 0 saturated carbocycles. The van der Waals surface area contributed by atoms with E-state index >= 15 is 0 Å². The third kappa shape index (κ3) is 6.60. The quantitative estimate of drug-likeness (QED) is 0.435. The predicted octanol–water partition coefficient (Wildman–Crippen LogP) is 3.04. The van der Waals surface area contributed by atoms with Gasteiger partial charge in [-0.3, -0.25) is 24.0 Å². The lowest BCUT2D eigenvalue weighted by atomic mass is 10.1. The van der Waals surface area contributed by atoms with Gasteiger partial charge in [-0.2, -0.15) is 0 Å². The van der Waals surface area contributed by atoms with Gasteiger partial charge in [-0.1, -0.05) is 44.2 Å². The summed E-state index contributed by atoms with van der Waals surface area (Å²) >= 11 is 0. The van der Waals surface area contributed by atoms with E-state index in [2.05, 4.69) is 18.8 Å².